The summed E-state index contributed by atoms with van der Waals surface area (Å²) in [4.78, 5) is 0. The van der Waals surface area contributed by atoms with Gasteiger partial charge in [0.15, 0.2) is 0 Å². The molecule has 1 unspecified atom stereocenters. The summed E-state index contributed by atoms with van der Waals surface area (Å²) in [5.41, 5.74) is 1.85. The lowest BCUT2D eigenvalue weighted by molar-refractivity contribution is 0.252. The first-order valence-corrected chi connectivity index (χ1v) is 6.66. The number of aromatic hydroxyl groups is 1. The molecule has 2 N–H and O–H groups in total. The average molecular weight is 273 g/mol. The number of benzene rings is 2. The Labute approximate surface area is 117 Å². The second-order valence-corrected chi connectivity index (χ2v) is 4.93. The van der Waals surface area contributed by atoms with E-state index in [9.17, 15) is 9.50 Å². The average Bonchev–Trinajstić information content (AvgIpc) is 2.44. The third-order valence-electron chi connectivity index (χ3n) is 3.45. The van der Waals surface area contributed by atoms with Crippen LogP contribution < -0.4 is 10.1 Å². The van der Waals surface area contributed by atoms with E-state index in [4.69, 9.17) is 4.74 Å². The van der Waals surface area contributed by atoms with Crippen molar-refractivity contribution in [3.63, 3.8) is 0 Å². The van der Waals surface area contributed by atoms with E-state index in [1.807, 2.05) is 24.3 Å². The minimum absolute atomic E-state index is 0.0471. The third kappa shape index (κ3) is 2.75. The SMILES string of the molecule is Oc1cc(F)cc(CNC2CCOc3ccccc32)c1. The highest BCUT2D eigenvalue weighted by Crippen LogP contribution is 2.31. The van der Waals surface area contributed by atoms with Gasteiger partial charge in [-0.05, 0) is 23.8 Å². The van der Waals surface area contributed by atoms with Crippen molar-refractivity contribution in [3.05, 3.63) is 59.4 Å². The zero-order valence-electron chi connectivity index (χ0n) is 11.0. The molecule has 0 saturated heterocycles. The molecular weight excluding hydrogens is 257 g/mol. The summed E-state index contributed by atoms with van der Waals surface area (Å²) in [5.74, 6) is 0.432. The fourth-order valence-corrected chi connectivity index (χ4v) is 2.53. The van der Waals surface area contributed by atoms with Gasteiger partial charge in [0.2, 0.25) is 0 Å². The van der Waals surface area contributed by atoms with Crippen LogP contribution in [0.15, 0.2) is 42.5 Å². The lowest BCUT2D eigenvalue weighted by Crippen LogP contribution is -2.26. The maximum atomic E-state index is 13.2. The standard InChI is InChI=1S/C16H16FNO2/c17-12-7-11(8-13(19)9-12)10-18-15-5-6-20-16-4-2-1-3-14(15)16/h1-4,7-9,15,18-19H,5-6,10H2. The van der Waals surface area contributed by atoms with Crippen LogP contribution in [0.2, 0.25) is 0 Å². The second-order valence-electron chi connectivity index (χ2n) is 4.93. The minimum atomic E-state index is -0.422. The Morgan fingerprint density at radius 1 is 1.25 bits per heavy atom. The first-order valence-electron chi connectivity index (χ1n) is 6.66. The largest absolute Gasteiger partial charge is 0.508 e. The number of hydrogen-bond acceptors (Lipinski definition) is 3. The van der Waals surface area contributed by atoms with Crippen LogP contribution in [0.25, 0.3) is 0 Å². The van der Waals surface area contributed by atoms with Gasteiger partial charge in [0, 0.05) is 30.6 Å². The molecular formula is C16H16FNO2. The van der Waals surface area contributed by atoms with Crippen molar-refractivity contribution in [2.45, 2.75) is 19.0 Å². The smallest absolute Gasteiger partial charge is 0.127 e. The molecule has 0 fully saturated rings. The van der Waals surface area contributed by atoms with Gasteiger partial charge in [-0.2, -0.15) is 0 Å². The lowest BCUT2D eigenvalue weighted by atomic mass is 10.0. The number of phenols is 1. The Bertz CT molecular complexity index is 595. The molecule has 3 nitrogen and oxygen atoms in total. The van der Waals surface area contributed by atoms with Crippen LogP contribution in [-0.4, -0.2) is 11.7 Å². The van der Waals surface area contributed by atoms with Crippen molar-refractivity contribution in [3.8, 4) is 11.5 Å². The molecule has 0 aromatic heterocycles. The predicted octanol–water partition coefficient (Wildman–Crippen LogP) is 3.14. The lowest BCUT2D eigenvalue weighted by Gasteiger charge is -2.26. The van der Waals surface area contributed by atoms with Crippen LogP contribution in [0.3, 0.4) is 0 Å². The maximum Gasteiger partial charge on any atom is 0.127 e. The minimum Gasteiger partial charge on any atom is -0.508 e. The molecule has 0 aliphatic carbocycles. The number of hydrogen-bond donors (Lipinski definition) is 2. The normalized spacial score (nSPS) is 17.4. The maximum absolute atomic E-state index is 13.2. The van der Waals surface area contributed by atoms with Crippen molar-refractivity contribution < 1.29 is 14.2 Å². The van der Waals surface area contributed by atoms with Crippen LogP contribution >= 0.6 is 0 Å². The summed E-state index contributed by atoms with van der Waals surface area (Å²) >= 11 is 0. The molecule has 0 saturated carbocycles. The molecule has 1 aliphatic heterocycles. The van der Waals surface area contributed by atoms with Crippen LogP contribution in [0.1, 0.15) is 23.6 Å². The van der Waals surface area contributed by atoms with E-state index in [-0.39, 0.29) is 11.8 Å². The van der Waals surface area contributed by atoms with Crippen molar-refractivity contribution >= 4 is 0 Å². The van der Waals surface area contributed by atoms with E-state index in [0.29, 0.717) is 13.2 Å². The van der Waals surface area contributed by atoms with Crippen LogP contribution in [0.5, 0.6) is 11.5 Å². The zero-order chi connectivity index (χ0) is 13.9. The van der Waals surface area contributed by atoms with E-state index >= 15 is 0 Å². The van der Waals surface area contributed by atoms with Crippen LogP contribution in [-0.2, 0) is 6.54 Å². The molecule has 20 heavy (non-hydrogen) atoms. The van der Waals surface area contributed by atoms with Crippen molar-refractivity contribution in [1.82, 2.24) is 5.32 Å². The Morgan fingerprint density at radius 2 is 2.10 bits per heavy atom. The Kier molecular flexibility index (Phi) is 3.56. The molecule has 0 spiro atoms. The van der Waals surface area contributed by atoms with E-state index in [1.54, 1.807) is 6.07 Å². The van der Waals surface area contributed by atoms with Gasteiger partial charge in [-0.1, -0.05) is 18.2 Å². The summed E-state index contributed by atoms with van der Waals surface area (Å²) in [6, 6.07) is 12.2. The summed E-state index contributed by atoms with van der Waals surface area (Å²) in [6.45, 7) is 1.17. The molecule has 1 heterocycles. The molecule has 4 heteroatoms. The van der Waals surface area contributed by atoms with Gasteiger partial charge >= 0.3 is 0 Å². The molecule has 0 amide bonds. The first-order chi connectivity index (χ1) is 9.72. The van der Waals surface area contributed by atoms with Gasteiger partial charge in [-0.25, -0.2) is 4.39 Å². The van der Waals surface area contributed by atoms with Gasteiger partial charge in [0.1, 0.15) is 17.3 Å². The number of fused-ring (bicyclic) bond motifs is 1. The fraction of sp³-hybridized carbons (Fsp3) is 0.250. The van der Waals surface area contributed by atoms with Crippen molar-refractivity contribution in [2.75, 3.05) is 6.61 Å². The molecule has 3 rings (SSSR count). The molecule has 0 bridgehead atoms. The predicted molar refractivity (Wildman–Crippen MR) is 74.2 cm³/mol. The van der Waals surface area contributed by atoms with Gasteiger partial charge < -0.3 is 15.2 Å². The summed E-state index contributed by atoms with van der Waals surface area (Å²) < 4.78 is 18.8. The number of phenolic OH excluding ortho intramolecular Hbond substituents is 1. The highest BCUT2D eigenvalue weighted by Gasteiger charge is 2.20. The van der Waals surface area contributed by atoms with E-state index in [0.717, 1.165) is 29.4 Å². The first kappa shape index (κ1) is 12.9. The van der Waals surface area contributed by atoms with Gasteiger partial charge in [-0.15, -0.1) is 0 Å². The molecule has 2 aromatic rings. The van der Waals surface area contributed by atoms with Crippen LogP contribution in [0.4, 0.5) is 4.39 Å². The number of rotatable bonds is 3. The van der Waals surface area contributed by atoms with Crippen LogP contribution in [0, 0.1) is 5.82 Å². The Morgan fingerprint density at radius 3 is 2.95 bits per heavy atom. The third-order valence-corrected chi connectivity index (χ3v) is 3.45. The number of nitrogens with one attached hydrogen (secondary N) is 1. The number of halogens is 1. The van der Waals surface area contributed by atoms with E-state index in [1.165, 1.54) is 6.07 Å². The summed E-state index contributed by atoms with van der Waals surface area (Å²) in [5, 5.41) is 12.8. The zero-order valence-corrected chi connectivity index (χ0v) is 11.0. The van der Waals surface area contributed by atoms with Crippen molar-refractivity contribution in [2.24, 2.45) is 0 Å². The molecule has 1 aliphatic rings. The van der Waals surface area contributed by atoms with E-state index in [2.05, 4.69) is 5.32 Å². The number of ether oxygens (including phenoxy) is 1. The molecule has 2 aromatic carbocycles. The molecule has 104 valence electrons. The molecule has 0 radical (unpaired) electrons. The van der Waals surface area contributed by atoms with E-state index < -0.39 is 5.82 Å². The van der Waals surface area contributed by atoms with Gasteiger partial charge in [-0.3, -0.25) is 0 Å². The summed E-state index contributed by atoms with van der Waals surface area (Å²) in [6.07, 6.45) is 0.873. The monoisotopic (exact) mass is 273 g/mol. The quantitative estimate of drug-likeness (QED) is 0.902. The second kappa shape index (κ2) is 5.51. The van der Waals surface area contributed by atoms with Crippen molar-refractivity contribution in [1.29, 1.82) is 0 Å². The summed E-state index contributed by atoms with van der Waals surface area (Å²) in [7, 11) is 0. The fourth-order valence-electron chi connectivity index (χ4n) is 2.53. The number of para-hydroxylation sites is 1. The van der Waals surface area contributed by atoms with Gasteiger partial charge in [0.25, 0.3) is 0 Å². The highest BCUT2D eigenvalue weighted by atomic mass is 19.1. The Hall–Kier alpha value is -2.07. The van der Waals surface area contributed by atoms with Gasteiger partial charge in [0.05, 0.1) is 6.61 Å². The molecule has 1 atom stereocenters. The topological polar surface area (TPSA) is 41.5 Å². The Balaban J connectivity index is 1.73. The highest BCUT2D eigenvalue weighted by molar-refractivity contribution is 5.37.